The van der Waals surface area contributed by atoms with E-state index in [9.17, 15) is 4.79 Å². The summed E-state index contributed by atoms with van der Waals surface area (Å²) >= 11 is 6.81. The molecule has 0 N–H and O–H groups in total. The highest BCUT2D eigenvalue weighted by atomic mass is 79.9. The van der Waals surface area contributed by atoms with Crippen LogP contribution < -0.4 is 4.74 Å². The van der Waals surface area contributed by atoms with Crippen LogP contribution in [0.5, 0.6) is 5.75 Å². The SMILES string of the molecule is Cc1nn(C)c(COc2ccc(Br)cc2C=O)c1Br. The van der Waals surface area contributed by atoms with Crippen molar-refractivity contribution in [1.29, 1.82) is 0 Å². The maximum Gasteiger partial charge on any atom is 0.153 e. The van der Waals surface area contributed by atoms with Gasteiger partial charge in [-0.15, -0.1) is 0 Å². The molecule has 0 aliphatic carbocycles. The molecular formula is C13H12Br2N2O2. The zero-order valence-electron chi connectivity index (χ0n) is 10.5. The number of aryl methyl sites for hydroxylation is 2. The molecule has 0 aliphatic rings. The van der Waals surface area contributed by atoms with E-state index in [0.717, 1.165) is 26.6 Å². The third-order valence-corrected chi connectivity index (χ3v) is 4.25. The molecule has 0 aliphatic heterocycles. The van der Waals surface area contributed by atoms with E-state index in [1.807, 2.05) is 20.0 Å². The largest absolute Gasteiger partial charge is 0.487 e. The Balaban J connectivity index is 2.21. The Bertz CT molecular complexity index is 623. The molecule has 0 atom stereocenters. The first-order valence-corrected chi connectivity index (χ1v) is 7.17. The standard InChI is InChI=1S/C13H12Br2N2O2/c1-8-13(15)11(17(2)16-8)7-19-12-4-3-10(14)5-9(12)6-18/h3-6H,7H2,1-2H3. The van der Waals surface area contributed by atoms with E-state index in [-0.39, 0.29) is 0 Å². The number of hydrogen-bond donors (Lipinski definition) is 0. The average molecular weight is 388 g/mol. The maximum absolute atomic E-state index is 11.0. The summed E-state index contributed by atoms with van der Waals surface area (Å²) in [5.74, 6) is 0.559. The third-order valence-electron chi connectivity index (χ3n) is 2.72. The Morgan fingerprint density at radius 1 is 1.42 bits per heavy atom. The molecular weight excluding hydrogens is 376 g/mol. The fourth-order valence-electron chi connectivity index (χ4n) is 1.73. The number of aromatic nitrogens is 2. The van der Waals surface area contributed by atoms with Gasteiger partial charge in [0.05, 0.1) is 21.4 Å². The summed E-state index contributed by atoms with van der Waals surface area (Å²) in [6.07, 6.45) is 0.781. The molecule has 1 heterocycles. The quantitative estimate of drug-likeness (QED) is 0.752. The van der Waals surface area contributed by atoms with Gasteiger partial charge in [0.15, 0.2) is 6.29 Å². The summed E-state index contributed by atoms with van der Waals surface area (Å²) in [4.78, 5) is 11.0. The van der Waals surface area contributed by atoms with Crippen LogP contribution in [0.1, 0.15) is 21.7 Å². The molecule has 4 nitrogen and oxygen atoms in total. The van der Waals surface area contributed by atoms with Crippen molar-refractivity contribution >= 4 is 38.1 Å². The molecule has 0 unspecified atom stereocenters. The normalized spacial score (nSPS) is 10.5. The Morgan fingerprint density at radius 3 is 2.74 bits per heavy atom. The second kappa shape index (κ2) is 5.88. The molecule has 0 spiro atoms. The zero-order chi connectivity index (χ0) is 14.0. The summed E-state index contributed by atoms with van der Waals surface area (Å²) in [5, 5.41) is 4.29. The first kappa shape index (κ1) is 14.3. The summed E-state index contributed by atoms with van der Waals surface area (Å²) in [5.41, 5.74) is 2.36. The second-order valence-corrected chi connectivity index (χ2v) is 5.77. The lowest BCUT2D eigenvalue weighted by atomic mass is 10.2. The average Bonchev–Trinajstić information content (AvgIpc) is 2.62. The molecule has 0 amide bonds. The highest BCUT2D eigenvalue weighted by Crippen LogP contribution is 2.25. The lowest BCUT2D eigenvalue weighted by Gasteiger charge is -2.09. The van der Waals surface area contributed by atoms with Crippen LogP contribution in [0.3, 0.4) is 0 Å². The number of hydrogen-bond acceptors (Lipinski definition) is 3. The third kappa shape index (κ3) is 3.06. The molecule has 0 fully saturated rings. The van der Waals surface area contributed by atoms with Crippen molar-refractivity contribution in [2.75, 3.05) is 0 Å². The van der Waals surface area contributed by atoms with Crippen molar-refractivity contribution in [2.24, 2.45) is 7.05 Å². The lowest BCUT2D eigenvalue weighted by molar-refractivity contribution is 0.111. The molecule has 2 aromatic rings. The maximum atomic E-state index is 11.0. The van der Waals surface area contributed by atoms with Crippen LogP contribution in [0.2, 0.25) is 0 Å². The van der Waals surface area contributed by atoms with Gasteiger partial charge in [0.2, 0.25) is 0 Å². The fourth-order valence-corrected chi connectivity index (χ4v) is 2.56. The van der Waals surface area contributed by atoms with E-state index in [1.54, 1.807) is 16.8 Å². The minimum atomic E-state index is 0.348. The van der Waals surface area contributed by atoms with Crippen LogP contribution in [0.25, 0.3) is 0 Å². The van der Waals surface area contributed by atoms with Gasteiger partial charge in [-0.3, -0.25) is 9.48 Å². The van der Waals surface area contributed by atoms with Gasteiger partial charge in [0.25, 0.3) is 0 Å². The van der Waals surface area contributed by atoms with E-state index in [0.29, 0.717) is 17.9 Å². The van der Waals surface area contributed by atoms with Gasteiger partial charge in [-0.1, -0.05) is 15.9 Å². The van der Waals surface area contributed by atoms with Gasteiger partial charge in [-0.25, -0.2) is 0 Å². The van der Waals surface area contributed by atoms with E-state index in [1.165, 1.54) is 0 Å². The van der Waals surface area contributed by atoms with Crippen LogP contribution in [-0.2, 0) is 13.7 Å². The monoisotopic (exact) mass is 386 g/mol. The zero-order valence-corrected chi connectivity index (χ0v) is 13.7. The minimum absolute atomic E-state index is 0.348. The summed E-state index contributed by atoms with van der Waals surface area (Å²) < 4.78 is 9.24. The van der Waals surface area contributed by atoms with Crippen LogP contribution in [0, 0.1) is 6.92 Å². The number of aldehydes is 1. The molecule has 0 radical (unpaired) electrons. The highest BCUT2D eigenvalue weighted by molar-refractivity contribution is 9.10. The Hall–Kier alpha value is -1.14. The summed E-state index contributed by atoms with van der Waals surface area (Å²) in [6.45, 7) is 2.27. The van der Waals surface area contributed by atoms with Crippen LogP contribution >= 0.6 is 31.9 Å². The van der Waals surface area contributed by atoms with Crippen LogP contribution in [-0.4, -0.2) is 16.1 Å². The number of carbonyl (C=O) groups excluding carboxylic acids is 1. The highest BCUT2D eigenvalue weighted by Gasteiger charge is 2.12. The fraction of sp³-hybridized carbons (Fsp3) is 0.231. The van der Waals surface area contributed by atoms with Crippen molar-refractivity contribution in [1.82, 2.24) is 9.78 Å². The van der Waals surface area contributed by atoms with Crippen molar-refractivity contribution in [2.45, 2.75) is 13.5 Å². The molecule has 2 rings (SSSR count). The van der Waals surface area contributed by atoms with E-state index in [4.69, 9.17) is 4.74 Å². The first-order chi connectivity index (χ1) is 9.02. The Morgan fingerprint density at radius 2 is 2.16 bits per heavy atom. The number of halogens is 2. The minimum Gasteiger partial charge on any atom is -0.487 e. The molecule has 0 bridgehead atoms. The van der Waals surface area contributed by atoms with E-state index in [2.05, 4.69) is 37.0 Å². The van der Waals surface area contributed by atoms with E-state index < -0.39 is 0 Å². The number of carbonyl (C=O) groups is 1. The molecule has 19 heavy (non-hydrogen) atoms. The second-order valence-electron chi connectivity index (χ2n) is 4.06. The van der Waals surface area contributed by atoms with Crippen LogP contribution in [0.15, 0.2) is 27.1 Å². The number of rotatable bonds is 4. The summed E-state index contributed by atoms with van der Waals surface area (Å²) in [7, 11) is 1.86. The van der Waals surface area contributed by atoms with Crippen LogP contribution in [0.4, 0.5) is 0 Å². The molecule has 0 saturated heterocycles. The predicted octanol–water partition coefficient (Wildman–Crippen LogP) is 3.65. The van der Waals surface area contributed by atoms with Crippen molar-refractivity contribution in [3.8, 4) is 5.75 Å². The first-order valence-electron chi connectivity index (χ1n) is 5.58. The number of benzene rings is 1. The van der Waals surface area contributed by atoms with Gasteiger partial charge >= 0.3 is 0 Å². The Kier molecular flexibility index (Phi) is 4.42. The molecule has 100 valence electrons. The lowest BCUT2D eigenvalue weighted by Crippen LogP contribution is -2.04. The van der Waals surface area contributed by atoms with Crippen molar-refractivity contribution < 1.29 is 9.53 Å². The Labute approximate surface area is 128 Å². The number of ether oxygens (including phenoxy) is 1. The molecule has 0 saturated carbocycles. The summed E-state index contributed by atoms with van der Waals surface area (Å²) in [6, 6.07) is 5.34. The molecule has 1 aromatic heterocycles. The van der Waals surface area contributed by atoms with E-state index >= 15 is 0 Å². The van der Waals surface area contributed by atoms with Gasteiger partial charge in [-0.05, 0) is 41.1 Å². The topological polar surface area (TPSA) is 44.1 Å². The van der Waals surface area contributed by atoms with Gasteiger partial charge in [0, 0.05) is 11.5 Å². The van der Waals surface area contributed by atoms with Gasteiger partial charge in [0.1, 0.15) is 12.4 Å². The predicted molar refractivity (Wildman–Crippen MR) is 79.5 cm³/mol. The van der Waals surface area contributed by atoms with Gasteiger partial charge < -0.3 is 4.74 Å². The molecule has 1 aromatic carbocycles. The van der Waals surface area contributed by atoms with Gasteiger partial charge in [-0.2, -0.15) is 5.10 Å². The molecule has 6 heteroatoms. The van der Waals surface area contributed by atoms with Crippen molar-refractivity contribution in [3.63, 3.8) is 0 Å². The van der Waals surface area contributed by atoms with Crippen molar-refractivity contribution in [3.05, 3.63) is 44.1 Å². The smallest absolute Gasteiger partial charge is 0.153 e. The number of nitrogens with zero attached hydrogens (tertiary/aromatic N) is 2.